The fourth-order valence-corrected chi connectivity index (χ4v) is 1.34. The van der Waals surface area contributed by atoms with E-state index in [1.54, 1.807) is 20.8 Å². The Bertz CT molecular complexity index is 274. The molecule has 0 spiro atoms. The van der Waals surface area contributed by atoms with E-state index in [4.69, 9.17) is 15.6 Å². The third-order valence-corrected chi connectivity index (χ3v) is 2.27. The number of hydrogen-bond acceptors (Lipinski definition) is 4. The number of hydrogen-bond donors (Lipinski definition) is 3. The minimum atomic E-state index is -0.502. The van der Waals surface area contributed by atoms with Crippen molar-refractivity contribution in [3.05, 3.63) is 0 Å². The first-order valence-corrected chi connectivity index (χ1v) is 6.13. The van der Waals surface area contributed by atoms with Crippen molar-refractivity contribution in [2.45, 2.75) is 45.6 Å². The summed E-state index contributed by atoms with van der Waals surface area (Å²) in [5.74, 6) is -0.982. The predicted octanol–water partition coefficient (Wildman–Crippen LogP) is 0.775. The fraction of sp³-hybridized carbons (Fsp3) is 0.833. The van der Waals surface area contributed by atoms with Gasteiger partial charge in [-0.15, -0.1) is 0 Å². The van der Waals surface area contributed by atoms with Gasteiger partial charge in [-0.1, -0.05) is 6.42 Å². The van der Waals surface area contributed by atoms with Crippen molar-refractivity contribution in [1.29, 1.82) is 0 Å². The van der Waals surface area contributed by atoms with Gasteiger partial charge in [0.05, 0.1) is 12.5 Å². The van der Waals surface area contributed by atoms with E-state index in [1.165, 1.54) is 0 Å². The van der Waals surface area contributed by atoms with Crippen LogP contribution in [0, 0.1) is 5.92 Å². The first-order chi connectivity index (χ1) is 8.26. The summed E-state index contributed by atoms with van der Waals surface area (Å²) in [6.45, 7) is 5.64. The van der Waals surface area contributed by atoms with Crippen LogP contribution in [0.1, 0.15) is 40.0 Å². The van der Waals surface area contributed by atoms with Crippen molar-refractivity contribution < 1.29 is 19.4 Å². The predicted molar refractivity (Wildman–Crippen MR) is 67.9 cm³/mol. The number of ether oxygens (including phenoxy) is 1. The number of aliphatic hydroxyl groups excluding tert-OH is 1. The van der Waals surface area contributed by atoms with Crippen LogP contribution >= 0.6 is 0 Å². The molecule has 0 rings (SSSR count). The summed E-state index contributed by atoms with van der Waals surface area (Å²) in [5.41, 5.74) is 4.59. The van der Waals surface area contributed by atoms with Crippen molar-refractivity contribution in [2.24, 2.45) is 11.7 Å². The number of rotatable bonds is 7. The Hall–Kier alpha value is -1.30. The monoisotopic (exact) mass is 260 g/mol. The number of nitrogens with two attached hydrogens (primary N) is 1. The molecule has 0 aliphatic carbocycles. The van der Waals surface area contributed by atoms with E-state index in [0.29, 0.717) is 25.8 Å². The van der Waals surface area contributed by atoms with Crippen molar-refractivity contribution in [3.8, 4) is 0 Å². The minimum absolute atomic E-state index is 0.227. The number of primary amides is 1. The lowest BCUT2D eigenvalue weighted by Gasteiger charge is -2.19. The maximum absolute atomic E-state index is 11.3. The van der Waals surface area contributed by atoms with Gasteiger partial charge < -0.3 is 20.9 Å². The van der Waals surface area contributed by atoms with Crippen molar-refractivity contribution in [1.82, 2.24) is 5.32 Å². The number of amides is 2. The van der Waals surface area contributed by atoms with E-state index in [0.717, 1.165) is 0 Å². The molecule has 0 aliphatic heterocycles. The smallest absolute Gasteiger partial charge is 0.407 e. The lowest BCUT2D eigenvalue weighted by molar-refractivity contribution is -0.123. The normalized spacial score (nSPS) is 12.9. The van der Waals surface area contributed by atoms with Crippen LogP contribution in [0.4, 0.5) is 4.79 Å². The molecular weight excluding hydrogens is 236 g/mol. The van der Waals surface area contributed by atoms with Crippen molar-refractivity contribution in [2.75, 3.05) is 13.2 Å². The van der Waals surface area contributed by atoms with E-state index >= 15 is 0 Å². The summed E-state index contributed by atoms with van der Waals surface area (Å²) in [4.78, 5) is 22.1. The molecule has 0 unspecified atom stereocenters. The zero-order valence-electron chi connectivity index (χ0n) is 11.4. The molecule has 0 saturated carbocycles. The van der Waals surface area contributed by atoms with Crippen LogP contribution in [0.25, 0.3) is 0 Å². The molecule has 6 nitrogen and oxygen atoms in total. The van der Waals surface area contributed by atoms with Crippen LogP contribution in [0.3, 0.4) is 0 Å². The highest BCUT2D eigenvalue weighted by Crippen LogP contribution is 2.08. The molecule has 106 valence electrons. The molecule has 1 atom stereocenters. The standard InChI is InChI=1S/C12H24N2O4/c1-12(2,3)18-11(17)14-7-5-4-6-9(8-15)10(13)16/h9,15H,4-8H2,1-3H3,(H2,13,16)(H,14,17)/t9-/m1/s1. The largest absolute Gasteiger partial charge is 0.444 e. The van der Waals surface area contributed by atoms with E-state index in [-0.39, 0.29) is 6.61 Å². The number of nitrogens with one attached hydrogen (secondary N) is 1. The summed E-state index contributed by atoms with van der Waals surface area (Å²) in [5, 5.41) is 11.5. The zero-order chi connectivity index (χ0) is 14.2. The van der Waals surface area contributed by atoms with Gasteiger partial charge in [0.15, 0.2) is 0 Å². The van der Waals surface area contributed by atoms with Gasteiger partial charge in [-0.05, 0) is 33.6 Å². The number of unbranched alkanes of at least 4 members (excludes halogenated alkanes) is 1. The summed E-state index contributed by atoms with van der Waals surface area (Å²) in [7, 11) is 0. The van der Waals surface area contributed by atoms with Crippen molar-refractivity contribution in [3.63, 3.8) is 0 Å². The SMILES string of the molecule is CC(C)(C)OC(=O)NCCCC[C@H](CO)C(N)=O. The van der Waals surface area contributed by atoms with E-state index < -0.39 is 23.5 Å². The topological polar surface area (TPSA) is 102 Å². The molecule has 0 saturated heterocycles. The lowest BCUT2D eigenvalue weighted by atomic mass is 10.0. The Balaban J connectivity index is 3.62. The molecule has 0 aromatic carbocycles. The van der Waals surface area contributed by atoms with Crippen LogP contribution in [0.5, 0.6) is 0 Å². The van der Waals surface area contributed by atoms with E-state index in [2.05, 4.69) is 5.32 Å². The highest BCUT2D eigenvalue weighted by Gasteiger charge is 2.16. The highest BCUT2D eigenvalue weighted by molar-refractivity contribution is 5.76. The second kappa shape index (κ2) is 7.92. The zero-order valence-corrected chi connectivity index (χ0v) is 11.4. The Labute approximate surface area is 108 Å². The molecule has 0 aromatic heterocycles. The molecule has 2 amide bonds. The van der Waals surface area contributed by atoms with Crippen LogP contribution in [-0.4, -0.2) is 35.9 Å². The lowest BCUT2D eigenvalue weighted by Crippen LogP contribution is -2.33. The number of carbonyl (C=O) groups is 2. The molecule has 0 bridgehead atoms. The second-order valence-electron chi connectivity index (χ2n) is 5.21. The average Bonchev–Trinajstić information content (AvgIpc) is 2.20. The molecule has 6 heteroatoms. The van der Waals surface area contributed by atoms with Gasteiger partial charge in [-0.25, -0.2) is 4.79 Å². The Morgan fingerprint density at radius 3 is 2.39 bits per heavy atom. The number of carbonyl (C=O) groups excluding carboxylic acids is 2. The number of aliphatic hydroxyl groups is 1. The molecule has 0 aromatic rings. The minimum Gasteiger partial charge on any atom is -0.444 e. The fourth-order valence-electron chi connectivity index (χ4n) is 1.34. The summed E-state index contributed by atoms with van der Waals surface area (Å²) < 4.78 is 5.06. The summed E-state index contributed by atoms with van der Waals surface area (Å²) in [6.07, 6.45) is 1.51. The first-order valence-electron chi connectivity index (χ1n) is 6.13. The van der Waals surface area contributed by atoms with Gasteiger partial charge in [0.1, 0.15) is 5.60 Å². The Morgan fingerprint density at radius 2 is 1.94 bits per heavy atom. The average molecular weight is 260 g/mol. The van der Waals surface area contributed by atoms with Gasteiger partial charge in [0.25, 0.3) is 0 Å². The van der Waals surface area contributed by atoms with Crippen LogP contribution in [0.2, 0.25) is 0 Å². The molecule has 0 heterocycles. The van der Waals surface area contributed by atoms with E-state index in [9.17, 15) is 9.59 Å². The first kappa shape index (κ1) is 16.7. The van der Waals surface area contributed by atoms with E-state index in [1.807, 2.05) is 0 Å². The van der Waals surface area contributed by atoms with Gasteiger partial charge in [0.2, 0.25) is 5.91 Å². The maximum atomic E-state index is 11.3. The van der Waals surface area contributed by atoms with Gasteiger partial charge in [-0.2, -0.15) is 0 Å². The Kier molecular flexibility index (Phi) is 7.35. The third-order valence-electron chi connectivity index (χ3n) is 2.27. The van der Waals surface area contributed by atoms with Crippen LogP contribution < -0.4 is 11.1 Å². The molecular formula is C12H24N2O4. The molecule has 4 N–H and O–H groups in total. The molecule has 0 aliphatic rings. The molecule has 18 heavy (non-hydrogen) atoms. The van der Waals surface area contributed by atoms with Gasteiger partial charge in [-0.3, -0.25) is 4.79 Å². The Morgan fingerprint density at radius 1 is 1.33 bits per heavy atom. The molecule has 0 fully saturated rings. The highest BCUT2D eigenvalue weighted by atomic mass is 16.6. The van der Waals surface area contributed by atoms with Crippen LogP contribution in [-0.2, 0) is 9.53 Å². The second-order valence-corrected chi connectivity index (χ2v) is 5.21. The third kappa shape index (κ3) is 8.81. The maximum Gasteiger partial charge on any atom is 0.407 e. The van der Waals surface area contributed by atoms with Crippen molar-refractivity contribution >= 4 is 12.0 Å². The van der Waals surface area contributed by atoms with Gasteiger partial charge in [0, 0.05) is 6.54 Å². The quantitative estimate of drug-likeness (QED) is 0.588. The molecule has 0 radical (unpaired) electrons. The summed E-state index contributed by atoms with van der Waals surface area (Å²) in [6, 6.07) is 0. The van der Waals surface area contributed by atoms with Crippen LogP contribution in [0.15, 0.2) is 0 Å². The summed E-state index contributed by atoms with van der Waals surface area (Å²) >= 11 is 0. The number of alkyl carbamates (subject to hydrolysis) is 1. The van der Waals surface area contributed by atoms with Gasteiger partial charge >= 0.3 is 6.09 Å².